The van der Waals surface area contributed by atoms with Crippen LogP contribution in [0.4, 0.5) is 0 Å². The monoisotopic (exact) mass is 231 g/mol. The van der Waals surface area contributed by atoms with Gasteiger partial charge in [-0.2, -0.15) is 0 Å². The molecule has 2 rings (SSSR count). The van der Waals surface area contributed by atoms with Gasteiger partial charge in [0.05, 0.1) is 0 Å². The van der Waals surface area contributed by atoms with Crippen molar-refractivity contribution < 1.29 is 9.90 Å². The summed E-state index contributed by atoms with van der Waals surface area (Å²) in [5, 5.41) is 9.60. The quantitative estimate of drug-likeness (QED) is 0.846. The number of carbonyl (C=O) groups is 1. The van der Waals surface area contributed by atoms with Gasteiger partial charge < -0.3 is 10.1 Å². The number of hydrogen-bond donors (Lipinski definition) is 2. The minimum Gasteiger partial charge on any atom is -0.481 e. The lowest BCUT2D eigenvalue weighted by Gasteiger charge is -2.04. The van der Waals surface area contributed by atoms with Crippen LogP contribution in [0.1, 0.15) is 17.5 Å². The Hall–Kier alpha value is -2.10. The summed E-state index contributed by atoms with van der Waals surface area (Å²) in [6.07, 6.45) is 0.623. The number of pyridine rings is 1. The summed E-state index contributed by atoms with van der Waals surface area (Å²) >= 11 is 0. The minimum atomic E-state index is -0.803. The number of nitrogens with one attached hydrogen (secondary N) is 1. The molecule has 0 unspecified atom stereocenters. The molecule has 2 aromatic rings. The number of hydrogen-bond acceptors (Lipinski definition) is 2. The van der Waals surface area contributed by atoms with Gasteiger partial charge in [0.15, 0.2) is 0 Å². The summed E-state index contributed by atoms with van der Waals surface area (Å²) in [5.74, 6) is -0.803. The maximum Gasteiger partial charge on any atom is 0.303 e. The highest BCUT2D eigenvalue weighted by Crippen LogP contribution is 2.17. The summed E-state index contributed by atoms with van der Waals surface area (Å²) in [6.45, 7) is 1.87. The first-order chi connectivity index (χ1) is 8.06. The number of aliphatic carboxylic acids is 1. The van der Waals surface area contributed by atoms with E-state index in [1.165, 1.54) is 0 Å². The van der Waals surface area contributed by atoms with Gasteiger partial charge in [0.25, 0.3) is 0 Å². The van der Waals surface area contributed by atoms with Crippen LogP contribution in [0.25, 0.3) is 10.9 Å². The molecule has 0 aliphatic rings. The number of aromatic nitrogens is 1. The van der Waals surface area contributed by atoms with E-state index in [4.69, 9.17) is 5.11 Å². The van der Waals surface area contributed by atoms with Crippen LogP contribution in [0, 0.1) is 6.92 Å². The molecule has 17 heavy (non-hydrogen) atoms. The number of carboxylic acid groups (broad SMARTS) is 1. The van der Waals surface area contributed by atoms with Crippen molar-refractivity contribution in [1.29, 1.82) is 0 Å². The largest absolute Gasteiger partial charge is 0.481 e. The maximum absolute atomic E-state index is 11.3. The molecule has 1 aromatic heterocycles. The molecule has 4 heteroatoms. The third-order valence-corrected chi connectivity index (χ3v) is 2.74. The Morgan fingerprint density at radius 3 is 2.82 bits per heavy atom. The van der Waals surface area contributed by atoms with E-state index >= 15 is 0 Å². The second kappa shape index (κ2) is 4.41. The third kappa shape index (κ3) is 2.53. The van der Waals surface area contributed by atoms with Gasteiger partial charge in [0, 0.05) is 23.4 Å². The van der Waals surface area contributed by atoms with Crippen molar-refractivity contribution in [2.45, 2.75) is 19.8 Å². The van der Waals surface area contributed by atoms with E-state index < -0.39 is 5.97 Å². The van der Waals surface area contributed by atoms with Gasteiger partial charge >= 0.3 is 5.97 Å². The zero-order valence-electron chi connectivity index (χ0n) is 9.49. The number of aryl methyl sites for hydroxylation is 2. The van der Waals surface area contributed by atoms with Gasteiger partial charge in [-0.1, -0.05) is 6.07 Å². The van der Waals surface area contributed by atoms with Crippen LogP contribution in [0.5, 0.6) is 0 Å². The van der Waals surface area contributed by atoms with E-state index in [1.807, 2.05) is 25.1 Å². The van der Waals surface area contributed by atoms with E-state index in [2.05, 4.69) is 4.98 Å². The topological polar surface area (TPSA) is 70.2 Å². The molecular formula is C13H13NO3. The molecule has 1 heterocycles. The number of rotatable bonds is 3. The molecular weight excluding hydrogens is 218 g/mol. The first-order valence-electron chi connectivity index (χ1n) is 5.40. The molecule has 2 N–H and O–H groups in total. The molecule has 4 nitrogen and oxygen atoms in total. The Balaban J connectivity index is 2.43. The third-order valence-electron chi connectivity index (χ3n) is 2.74. The fourth-order valence-corrected chi connectivity index (χ4v) is 1.88. The van der Waals surface area contributed by atoms with Crippen LogP contribution < -0.4 is 5.56 Å². The smallest absolute Gasteiger partial charge is 0.303 e. The molecule has 0 amide bonds. The summed E-state index contributed by atoms with van der Waals surface area (Å²) in [4.78, 5) is 24.5. The summed E-state index contributed by atoms with van der Waals surface area (Å²) in [7, 11) is 0. The highest BCUT2D eigenvalue weighted by molar-refractivity contribution is 5.82. The maximum atomic E-state index is 11.3. The first kappa shape index (κ1) is 11.4. The van der Waals surface area contributed by atoms with Gasteiger partial charge in [0.2, 0.25) is 5.56 Å². The zero-order valence-corrected chi connectivity index (χ0v) is 9.49. The molecule has 0 atom stereocenters. The average molecular weight is 231 g/mol. The van der Waals surface area contributed by atoms with Gasteiger partial charge in [-0.25, -0.2) is 0 Å². The lowest BCUT2D eigenvalue weighted by molar-refractivity contribution is -0.136. The van der Waals surface area contributed by atoms with Crippen molar-refractivity contribution in [3.8, 4) is 0 Å². The molecule has 0 aliphatic carbocycles. The van der Waals surface area contributed by atoms with Crippen molar-refractivity contribution in [3.63, 3.8) is 0 Å². The van der Waals surface area contributed by atoms with Crippen LogP contribution in [0.15, 0.2) is 29.1 Å². The molecule has 0 saturated heterocycles. The number of aromatic amines is 1. The predicted molar refractivity (Wildman–Crippen MR) is 65.3 cm³/mol. The van der Waals surface area contributed by atoms with E-state index in [0.717, 1.165) is 22.0 Å². The zero-order chi connectivity index (χ0) is 12.4. The van der Waals surface area contributed by atoms with Crippen LogP contribution in [-0.4, -0.2) is 16.1 Å². The normalized spacial score (nSPS) is 10.6. The van der Waals surface area contributed by atoms with Crippen LogP contribution >= 0.6 is 0 Å². The van der Waals surface area contributed by atoms with Gasteiger partial charge in [0.1, 0.15) is 0 Å². The molecule has 0 spiro atoms. The number of H-pyrrole nitrogens is 1. The fourth-order valence-electron chi connectivity index (χ4n) is 1.88. The average Bonchev–Trinajstić information content (AvgIpc) is 2.26. The van der Waals surface area contributed by atoms with Crippen molar-refractivity contribution in [2.24, 2.45) is 0 Å². The number of carboxylic acids is 1. The van der Waals surface area contributed by atoms with Crippen molar-refractivity contribution in [3.05, 3.63) is 45.7 Å². The molecule has 0 bridgehead atoms. The van der Waals surface area contributed by atoms with E-state index in [-0.39, 0.29) is 12.0 Å². The molecule has 1 aromatic carbocycles. The van der Waals surface area contributed by atoms with Gasteiger partial charge in [-0.05, 0) is 36.6 Å². The summed E-state index contributed by atoms with van der Waals surface area (Å²) in [6, 6.07) is 7.15. The van der Waals surface area contributed by atoms with Crippen LogP contribution in [0.3, 0.4) is 0 Å². The fraction of sp³-hybridized carbons (Fsp3) is 0.231. The summed E-state index contributed by atoms with van der Waals surface area (Å²) in [5.41, 5.74) is 2.54. The van der Waals surface area contributed by atoms with Crippen molar-refractivity contribution in [2.75, 3.05) is 0 Å². The number of benzene rings is 1. The standard InChI is InChI=1S/C13H13NO3/c1-8-6-12(15)14-11-4-2-9(7-10(8)11)3-5-13(16)17/h2,4,6-7H,3,5H2,1H3,(H,14,15)(H,16,17). The van der Waals surface area contributed by atoms with Gasteiger partial charge in [-0.15, -0.1) is 0 Å². The lowest BCUT2D eigenvalue weighted by Crippen LogP contribution is -2.05. The molecule has 88 valence electrons. The van der Waals surface area contributed by atoms with E-state index in [9.17, 15) is 9.59 Å². The molecule has 0 saturated carbocycles. The minimum absolute atomic E-state index is 0.117. The van der Waals surface area contributed by atoms with Gasteiger partial charge in [-0.3, -0.25) is 9.59 Å². The SMILES string of the molecule is Cc1cc(=O)[nH]c2ccc(CCC(=O)O)cc12. The Morgan fingerprint density at radius 2 is 2.12 bits per heavy atom. The van der Waals surface area contributed by atoms with Crippen LogP contribution in [-0.2, 0) is 11.2 Å². The molecule has 0 fully saturated rings. The Morgan fingerprint density at radius 1 is 1.35 bits per heavy atom. The summed E-state index contributed by atoms with van der Waals surface area (Å²) < 4.78 is 0. The Labute approximate surface area is 97.9 Å². The second-order valence-corrected chi connectivity index (χ2v) is 4.09. The van der Waals surface area contributed by atoms with Crippen LogP contribution in [0.2, 0.25) is 0 Å². The Bertz CT molecular complexity index is 628. The van der Waals surface area contributed by atoms with Crippen molar-refractivity contribution >= 4 is 16.9 Å². The Kier molecular flexibility index (Phi) is 2.95. The number of fused-ring (bicyclic) bond motifs is 1. The second-order valence-electron chi connectivity index (χ2n) is 4.09. The van der Waals surface area contributed by atoms with E-state index in [1.54, 1.807) is 6.07 Å². The highest BCUT2D eigenvalue weighted by atomic mass is 16.4. The molecule has 0 aliphatic heterocycles. The lowest BCUT2D eigenvalue weighted by atomic mass is 10.0. The van der Waals surface area contributed by atoms with Crippen molar-refractivity contribution in [1.82, 2.24) is 4.98 Å². The molecule has 0 radical (unpaired) electrons. The first-order valence-corrected chi connectivity index (χ1v) is 5.40. The van der Waals surface area contributed by atoms with E-state index in [0.29, 0.717) is 6.42 Å². The highest BCUT2D eigenvalue weighted by Gasteiger charge is 2.03. The predicted octanol–water partition coefficient (Wildman–Crippen LogP) is 1.85.